The van der Waals surface area contributed by atoms with E-state index in [0.29, 0.717) is 0 Å². The second-order valence-electron chi connectivity index (χ2n) is 1.88. The van der Waals surface area contributed by atoms with E-state index in [9.17, 15) is 0 Å². The van der Waals surface area contributed by atoms with Crippen LogP contribution >= 0.6 is 0 Å². The molecule has 1 atom stereocenters. The maximum Gasteiger partial charge on any atom is 0.0700 e. The zero-order valence-corrected chi connectivity index (χ0v) is 4.15. The first-order chi connectivity index (χ1) is 3.34. The lowest BCUT2D eigenvalue weighted by molar-refractivity contribution is 0.547. The van der Waals surface area contributed by atoms with Crippen LogP contribution in [0.15, 0.2) is 12.2 Å². The molecule has 1 saturated carbocycles. The zero-order chi connectivity index (χ0) is 5.28. The van der Waals surface area contributed by atoms with Gasteiger partial charge < -0.3 is 0 Å². The summed E-state index contributed by atoms with van der Waals surface area (Å²) < 4.78 is 0. The Labute approximate surface area is 43.3 Å². The van der Waals surface area contributed by atoms with E-state index in [2.05, 4.69) is 12.6 Å². The van der Waals surface area contributed by atoms with Gasteiger partial charge in [0.1, 0.15) is 0 Å². The van der Waals surface area contributed by atoms with Crippen LogP contribution < -0.4 is 0 Å². The molecule has 0 bridgehead atoms. The molecule has 36 valence electrons. The van der Waals surface area contributed by atoms with Crippen LogP contribution in [0.1, 0.15) is 12.8 Å². The number of nitrogens with zero attached hydrogens (tertiary/aromatic N) is 1. The first-order valence-electron chi connectivity index (χ1n) is 2.42. The Hall–Kier alpha value is -0.770. The molecule has 0 aliphatic heterocycles. The van der Waals surface area contributed by atoms with Gasteiger partial charge in [0.2, 0.25) is 0 Å². The van der Waals surface area contributed by atoms with E-state index in [1.165, 1.54) is 0 Å². The molecule has 0 amide bonds. The summed E-state index contributed by atoms with van der Waals surface area (Å²) >= 11 is 0. The standard InChI is InChI=1S/C6H7N/c1-5-2-3-6(5)4-7/h6H,1-3H2/t6-/m1/s1. The van der Waals surface area contributed by atoms with E-state index < -0.39 is 0 Å². The first-order valence-corrected chi connectivity index (χ1v) is 2.42. The van der Waals surface area contributed by atoms with Crippen LogP contribution in [0.4, 0.5) is 0 Å². The van der Waals surface area contributed by atoms with Gasteiger partial charge in [-0.25, -0.2) is 0 Å². The molecule has 0 aromatic rings. The highest BCUT2D eigenvalue weighted by atomic mass is 14.3. The number of nitriles is 1. The van der Waals surface area contributed by atoms with Crippen molar-refractivity contribution in [3.05, 3.63) is 12.2 Å². The molecular weight excluding hydrogens is 86.1 g/mol. The summed E-state index contributed by atoms with van der Waals surface area (Å²) in [6.45, 7) is 3.69. The number of hydrogen-bond acceptors (Lipinski definition) is 1. The average Bonchev–Trinajstić information content (AvgIpc) is 1.65. The second-order valence-corrected chi connectivity index (χ2v) is 1.88. The lowest BCUT2D eigenvalue weighted by Gasteiger charge is -2.20. The van der Waals surface area contributed by atoms with E-state index in [1.807, 2.05) is 0 Å². The summed E-state index contributed by atoms with van der Waals surface area (Å²) in [7, 11) is 0. The van der Waals surface area contributed by atoms with Crippen LogP contribution in [0.2, 0.25) is 0 Å². The largest absolute Gasteiger partial charge is 0.198 e. The summed E-state index contributed by atoms with van der Waals surface area (Å²) in [5.74, 6) is 0.194. The van der Waals surface area contributed by atoms with Crippen LogP contribution in [0, 0.1) is 17.2 Å². The third-order valence-corrected chi connectivity index (χ3v) is 1.40. The highest BCUT2D eigenvalue weighted by Gasteiger charge is 2.20. The molecule has 0 N–H and O–H groups in total. The molecule has 1 heteroatoms. The van der Waals surface area contributed by atoms with Crippen molar-refractivity contribution in [2.45, 2.75) is 12.8 Å². The molecule has 7 heavy (non-hydrogen) atoms. The molecule has 0 radical (unpaired) electrons. The predicted octanol–water partition coefficient (Wildman–Crippen LogP) is 1.48. The minimum Gasteiger partial charge on any atom is -0.198 e. The molecule has 0 heterocycles. The van der Waals surface area contributed by atoms with Crippen LogP contribution in [-0.2, 0) is 0 Å². The van der Waals surface area contributed by atoms with Gasteiger partial charge in [-0.15, -0.1) is 0 Å². The Morgan fingerprint density at radius 2 is 2.57 bits per heavy atom. The van der Waals surface area contributed by atoms with Crippen LogP contribution in [-0.4, -0.2) is 0 Å². The van der Waals surface area contributed by atoms with Crippen molar-refractivity contribution in [1.82, 2.24) is 0 Å². The minimum atomic E-state index is 0.194. The molecular formula is C6H7N. The Bertz CT molecular complexity index is 130. The van der Waals surface area contributed by atoms with Crippen molar-refractivity contribution in [2.24, 2.45) is 5.92 Å². The van der Waals surface area contributed by atoms with E-state index in [1.54, 1.807) is 0 Å². The van der Waals surface area contributed by atoms with Gasteiger partial charge in [-0.2, -0.15) is 5.26 Å². The molecule has 0 aromatic heterocycles. The lowest BCUT2D eigenvalue weighted by atomic mass is 9.82. The van der Waals surface area contributed by atoms with Crippen LogP contribution in [0.5, 0.6) is 0 Å². The van der Waals surface area contributed by atoms with Gasteiger partial charge in [-0.1, -0.05) is 12.2 Å². The van der Waals surface area contributed by atoms with Gasteiger partial charge in [0.15, 0.2) is 0 Å². The van der Waals surface area contributed by atoms with Crippen molar-refractivity contribution in [3.63, 3.8) is 0 Å². The monoisotopic (exact) mass is 93.1 g/mol. The lowest BCUT2D eigenvalue weighted by Crippen LogP contribution is -2.11. The van der Waals surface area contributed by atoms with Crippen LogP contribution in [0.3, 0.4) is 0 Å². The van der Waals surface area contributed by atoms with Crippen LogP contribution in [0.25, 0.3) is 0 Å². The Balaban J connectivity index is 2.48. The molecule has 1 rings (SSSR count). The summed E-state index contributed by atoms with van der Waals surface area (Å²) in [6, 6.07) is 2.15. The molecule has 1 aliphatic carbocycles. The molecule has 1 fully saturated rings. The SMILES string of the molecule is C=C1CC[C@@H]1C#N. The predicted molar refractivity (Wildman–Crippen MR) is 27.5 cm³/mol. The summed E-state index contributed by atoms with van der Waals surface area (Å²) in [4.78, 5) is 0. The van der Waals surface area contributed by atoms with E-state index in [0.717, 1.165) is 18.4 Å². The Kier molecular flexibility index (Phi) is 0.867. The molecule has 0 saturated heterocycles. The first kappa shape index (κ1) is 4.39. The summed E-state index contributed by atoms with van der Waals surface area (Å²) in [6.07, 6.45) is 2.10. The fraction of sp³-hybridized carbons (Fsp3) is 0.500. The van der Waals surface area contributed by atoms with E-state index in [-0.39, 0.29) is 5.92 Å². The van der Waals surface area contributed by atoms with Gasteiger partial charge in [0.05, 0.1) is 12.0 Å². The van der Waals surface area contributed by atoms with Gasteiger partial charge in [-0.3, -0.25) is 0 Å². The zero-order valence-electron chi connectivity index (χ0n) is 4.15. The molecule has 0 aromatic carbocycles. The van der Waals surface area contributed by atoms with Crippen molar-refractivity contribution in [3.8, 4) is 6.07 Å². The third-order valence-electron chi connectivity index (χ3n) is 1.40. The maximum atomic E-state index is 8.25. The molecule has 1 aliphatic rings. The molecule has 1 nitrogen and oxygen atoms in total. The average molecular weight is 93.1 g/mol. The molecule has 0 unspecified atom stereocenters. The normalized spacial score (nSPS) is 28.4. The van der Waals surface area contributed by atoms with E-state index in [4.69, 9.17) is 5.26 Å². The summed E-state index contributed by atoms with van der Waals surface area (Å²) in [5, 5.41) is 8.25. The van der Waals surface area contributed by atoms with Crippen molar-refractivity contribution < 1.29 is 0 Å². The second kappa shape index (κ2) is 1.38. The topological polar surface area (TPSA) is 23.8 Å². The fourth-order valence-electron chi connectivity index (χ4n) is 0.649. The summed E-state index contributed by atoms with van der Waals surface area (Å²) in [5.41, 5.74) is 1.11. The number of rotatable bonds is 0. The Morgan fingerprint density at radius 3 is 2.57 bits per heavy atom. The smallest absolute Gasteiger partial charge is 0.0700 e. The van der Waals surface area contributed by atoms with Gasteiger partial charge >= 0.3 is 0 Å². The van der Waals surface area contributed by atoms with Crippen molar-refractivity contribution in [1.29, 1.82) is 5.26 Å². The van der Waals surface area contributed by atoms with Crippen molar-refractivity contribution in [2.75, 3.05) is 0 Å². The fourth-order valence-corrected chi connectivity index (χ4v) is 0.649. The van der Waals surface area contributed by atoms with Crippen molar-refractivity contribution >= 4 is 0 Å². The minimum absolute atomic E-state index is 0.194. The third kappa shape index (κ3) is 0.521. The van der Waals surface area contributed by atoms with Gasteiger partial charge in [0.25, 0.3) is 0 Å². The Morgan fingerprint density at radius 1 is 1.86 bits per heavy atom. The number of allylic oxidation sites excluding steroid dienone is 1. The number of hydrogen-bond donors (Lipinski definition) is 0. The highest BCUT2D eigenvalue weighted by molar-refractivity contribution is 5.18. The quantitative estimate of drug-likeness (QED) is 0.416. The molecule has 0 spiro atoms. The highest BCUT2D eigenvalue weighted by Crippen LogP contribution is 2.30. The van der Waals surface area contributed by atoms with E-state index >= 15 is 0 Å². The van der Waals surface area contributed by atoms with Gasteiger partial charge in [0, 0.05) is 0 Å². The maximum absolute atomic E-state index is 8.25. The van der Waals surface area contributed by atoms with Gasteiger partial charge in [-0.05, 0) is 12.8 Å².